The van der Waals surface area contributed by atoms with Crippen molar-refractivity contribution in [3.8, 4) is 5.75 Å². The highest BCUT2D eigenvalue weighted by Gasteiger charge is 2.06. The largest absolute Gasteiger partial charge is 0.496 e. The first-order chi connectivity index (χ1) is 12.2. The minimum atomic E-state index is -0.434. The second kappa shape index (κ2) is 7.44. The molecule has 6 nitrogen and oxygen atoms in total. The van der Waals surface area contributed by atoms with E-state index in [4.69, 9.17) is 9.57 Å². The van der Waals surface area contributed by atoms with Crippen molar-refractivity contribution in [1.82, 2.24) is 0 Å². The molecule has 0 spiro atoms. The molecule has 126 valence electrons. The van der Waals surface area contributed by atoms with E-state index in [-0.39, 0.29) is 12.3 Å². The van der Waals surface area contributed by atoms with E-state index in [9.17, 15) is 10.1 Å². The molecular weight excluding hydrogens is 320 g/mol. The maximum Gasteiger partial charge on any atom is 0.269 e. The van der Waals surface area contributed by atoms with Crippen molar-refractivity contribution in [3.05, 3.63) is 81.9 Å². The summed E-state index contributed by atoms with van der Waals surface area (Å²) < 4.78 is 5.37. The molecular formula is C19H16N2O4. The molecule has 3 rings (SSSR count). The minimum absolute atomic E-state index is 0.0335. The first-order valence-corrected chi connectivity index (χ1v) is 7.63. The fraction of sp³-hybridized carbons (Fsp3) is 0.105. The second-order valence-corrected chi connectivity index (χ2v) is 5.34. The summed E-state index contributed by atoms with van der Waals surface area (Å²) in [7, 11) is 1.64. The number of nitro benzene ring substituents is 1. The zero-order valence-corrected chi connectivity index (χ0v) is 13.6. The van der Waals surface area contributed by atoms with Crippen LogP contribution in [0.5, 0.6) is 5.75 Å². The highest BCUT2D eigenvalue weighted by atomic mass is 16.6. The molecule has 0 bridgehead atoms. The number of non-ortho nitro benzene ring substituents is 1. The summed E-state index contributed by atoms with van der Waals surface area (Å²) in [5, 5.41) is 16.7. The molecule has 25 heavy (non-hydrogen) atoms. The van der Waals surface area contributed by atoms with Gasteiger partial charge in [0.1, 0.15) is 12.4 Å². The maximum absolute atomic E-state index is 10.8. The zero-order valence-electron chi connectivity index (χ0n) is 13.6. The molecule has 0 saturated heterocycles. The van der Waals surface area contributed by atoms with E-state index in [1.54, 1.807) is 25.5 Å². The van der Waals surface area contributed by atoms with Gasteiger partial charge in [0.15, 0.2) is 0 Å². The summed E-state index contributed by atoms with van der Waals surface area (Å²) in [4.78, 5) is 15.6. The topological polar surface area (TPSA) is 74.0 Å². The predicted octanol–water partition coefficient (Wildman–Crippen LogP) is 4.31. The molecule has 3 aromatic carbocycles. The predicted molar refractivity (Wildman–Crippen MR) is 96.0 cm³/mol. The molecule has 0 aliphatic carbocycles. The lowest BCUT2D eigenvalue weighted by Gasteiger charge is -2.07. The van der Waals surface area contributed by atoms with Crippen LogP contribution in [0.25, 0.3) is 10.8 Å². The Morgan fingerprint density at radius 3 is 2.64 bits per heavy atom. The van der Waals surface area contributed by atoms with Crippen LogP contribution < -0.4 is 4.74 Å². The second-order valence-electron chi connectivity index (χ2n) is 5.34. The molecule has 0 atom stereocenters. The molecule has 0 aliphatic heterocycles. The van der Waals surface area contributed by atoms with Crippen molar-refractivity contribution in [3.63, 3.8) is 0 Å². The van der Waals surface area contributed by atoms with Gasteiger partial charge in [-0.05, 0) is 23.1 Å². The Labute approximate surface area is 144 Å². The smallest absolute Gasteiger partial charge is 0.269 e. The summed E-state index contributed by atoms with van der Waals surface area (Å²) in [6, 6.07) is 17.9. The Balaban J connectivity index is 1.74. The Kier molecular flexibility index (Phi) is 4.89. The quantitative estimate of drug-likeness (QED) is 0.382. The number of ether oxygens (including phenoxy) is 1. The van der Waals surface area contributed by atoms with E-state index in [1.807, 2.05) is 36.4 Å². The fourth-order valence-corrected chi connectivity index (χ4v) is 2.55. The highest BCUT2D eigenvalue weighted by molar-refractivity contribution is 6.02. The van der Waals surface area contributed by atoms with Crippen LogP contribution in [0.15, 0.2) is 65.8 Å². The van der Waals surface area contributed by atoms with E-state index in [2.05, 4.69) is 5.16 Å². The number of rotatable bonds is 6. The minimum Gasteiger partial charge on any atom is -0.496 e. The first-order valence-electron chi connectivity index (χ1n) is 7.63. The fourth-order valence-electron chi connectivity index (χ4n) is 2.55. The molecule has 0 unspecified atom stereocenters. The number of benzene rings is 3. The lowest BCUT2D eigenvalue weighted by Crippen LogP contribution is -1.93. The van der Waals surface area contributed by atoms with Crippen LogP contribution in [0.1, 0.15) is 11.1 Å². The van der Waals surface area contributed by atoms with E-state index in [0.29, 0.717) is 5.56 Å². The number of nitro groups is 1. The van der Waals surface area contributed by atoms with Gasteiger partial charge in [0.25, 0.3) is 5.69 Å². The average Bonchev–Trinajstić information content (AvgIpc) is 2.65. The number of nitrogens with zero attached hydrogens (tertiary/aromatic N) is 2. The first kappa shape index (κ1) is 16.4. The zero-order chi connectivity index (χ0) is 17.6. The van der Waals surface area contributed by atoms with Crippen LogP contribution >= 0.6 is 0 Å². The molecule has 0 fully saturated rings. The van der Waals surface area contributed by atoms with Gasteiger partial charge in [0.05, 0.1) is 18.2 Å². The van der Waals surface area contributed by atoms with E-state index in [0.717, 1.165) is 22.1 Å². The molecule has 6 heteroatoms. The number of hydrogen-bond donors (Lipinski definition) is 0. The molecule has 0 amide bonds. The Morgan fingerprint density at radius 1 is 1.08 bits per heavy atom. The summed E-state index contributed by atoms with van der Waals surface area (Å²) >= 11 is 0. The third-order valence-corrected chi connectivity index (χ3v) is 3.76. The van der Waals surface area contributed by atoms with E-state index >= 15 is 0 Å². The van der Waals surface area contributed by atoms with Gasteiger partial charge in [-0.2, -0.15) is 0 Å². The molecule has 3 aromatic rings. The van der Waals surface area contributed by atoms with Crippen LogP contribution in [0.2, 0.25) is 0 Å². The number of hydrogen-bond acceptors (Lipinski definition) is 5. The van der Waals surface area contributed by atoms with Crippen molar-refractivity contribution in [2.45, 2.75) is 6.61 Å². The summed E-state index contributed by atoms with van der Waals surface area (Å²) in [6.07, 6.45) is 1.62. The van der Waals surface area contributed by atoms with Crippen LogP contribution in [0.4, 0.5) is 5.69 Å². The lowest BCUT2D eigenvalue weighted by atomic mass is 10.0. The van der Waals surface area contributed by atoms with Crippen molar-refractivity contribution >= 4 is 22.7 Å². The molecule has 0 aliphatic rings. The number of oxime groups is 1. The Bertz CT molecular complexity index is 938. The van der Waals surface area contributed by atoms with Gasteiger partial charge >= 0.3 is 0 Å². The SMILES string of the molecule is COc1ccc(/C=N\OCc2cccc([N+](=O)[O-])c2)c2ccccc12. The van der Waals surface area contributed by atoms with Gasteiger partial charge in [-0.25, -0.2) is 0 Å². The molecule has 0 aromatic heterocycles. The van der Waals surface area contributed by atoms with Crippen LogP contribution in [0, 0.1) is 10.1 Å². The summed E-state index contributed by atoms with van der Waals surface area (Å²) in [5.41, 5.74) is 1.62. The normalized spacial score (nSPS) is 10.9. The van der Waals surface area contributed by atoms with Gasteiger partial charge in [-0.1, -0.05) is 41.6 Å². The van der Waals surface area contributed by atoms with Crippen LogP contribution in [-0.2, 0) is 11.4 Å². The molecule has 0 radical (unpaired) electrons. The Hall–Kier alpha value is -3.41. The van der Waals surface area contributed by atoms with Crippen molar-refractivity contribution < 1.29 is 14.5 Å². The average molecular weight is 336 g/mol. The number of fused-ring (bicyclic) bond motifs is 1. The Morgan fingerprint density at radius 2 is 1.88 bits per heavy atom. The summed E-state index contributed by atoms with van der Waals surface area (Å²) in [6.45, 7) is 0.159. The third-order valence-electron chi connectivity index (χ3n) is 3.76. The van der Waals surface area contributed by atoms with Gasteiger partial charge in [-0.15, -0.1) is 0 Å². The lowest BCUT2D eigenvalue weighted by molar-refractivity contribution is -0.384. The molecule has 0 saturated carbocycles. The van der Waals surface area contributed by atoms with Crippen LogP contribution in [-0.4, -0.2) is 18.2 Å². The monoisotopic (exact) mass is 336 g/mol. The van der Waals surface area contributed by atoms with Gasteiger partial charge in [0.2, 0.25) is 0 Å². The highest BCUT2D eigenvalue weighted by Crippen LogP contribution is 2.27. The number of methoxy groups -OCH3 is 1. The van der Waals surface area contributed by atoms with E-state index < -0.39 is 4.92 Å². The maximum atomic E-state index is 10.8. The standard InChI is InChI=1S/C19H16N2O4/c1-24-19-10-9-15(17-7-2-3-8-18(17)19)12-20-25-13-14-5-4-6-16(11-14)21(22)23/h2-12H,13H2,1H3/b20-12-. The molecule has 0 N–H and O–H groups in total. The van der Waals surface area contributed by atoms with Gasteiger partial charge in [-0.3, -0.25) is 10.1 Å². The summed E-state index contributed by atoms with van der Waals surface area (Å²) in [5.74, 6) is 0.797. The van der Waals surface area contributed by atoms with Gasteiger partial charge < -0.3 is 9.57 Å². The van der Waals surface area contributed by atoms with Crippen molar-refractivity contribution in [2.24, 2.45) is 5.16 Å². The third kappa shape index (κ3) is 3.74. The van der Waals surface area contributed by atoms with E-state index in [1.165, 1.54) is 12.1 Å². The van der Waals surface area contributed by atoms with Crippen LogP contribution in [0.3, 0.4) is 0 Å². The van der Waals surface area contributed by atoms with Crippen molar-refractivity contribution in [2.75, 3.05) is 7.11 Å². The van der Waals surface area contributed by atoms with Crippen molar-refractivity contribution in [1.29, 1.82) is 0 Å². The van der Waals surface area contributed by atoms with Gasteiger partial charge in [0, 0.05) is 23.1 Å². The molecule has 0 heterocycles.